The summed E-state index contributed by atoms with van der Waals surface area (Å²) >= 11 is 5.67. The average molecular weight is 676 g/mol. The minimum atomic E-state index is -4.79. The van der Waals surface area contributed by atoms with E-state index in [0.717, 1.165) is 22.6 Å². The van der Waals surface area contributed by atoms with E-state index in [4.69, 9.17) is 21.7 Å². The number of ether oxygens (including phenoxy) is 2. The topological polar surface area (TPSA) is 110 Å². The average Bonchev–Trinajstić information content (AvgIpc) is 3.18. The second-order valence-corrected chi connectivity index (χ2v) is 13.3. The minimum absolute atomic E-state index is 0.00845. The molecule has 14 heteroatoms. The van der Waals surface area contributed by atoms with Crippen LogP contribution in [0.4, 0.5) is 29.3 Å². The van der Waals surface area contributed by atoms with E-state index in [-0.39, 0.29) is 23.4 Å². The second kappa shape index (κ2) is 13.7. The van der Waals surface area contributed by atoms with Gasteiger partial charge in [0.15, 0.2) is 5.11 Å². The van der Waals surface area contributed by atoms with Crippen molar-refractivity contribution >= 4 is 40.7 Å². The maximum absolute atomic E-state index is 13.7. The molecule has 0 spiro atoms. The van der Waals surface area contributed by atoms with Crippen LogP contribution in [-0.2, 0) is 22.1 Å². The summed E-state index contributed by atoms with van der Waals surface area (Å²) in [6.07, 6.45) is -4.62. The monoisotopic (exact) mass is 675 g/mol. The molecular formula is C33H40F3N5O5S. The molecule has 4 rings (SSSR count). The van der Waals surface area contributed by atoms with Crippen molar-refractivity contribution in [1.82, 2.24) is 9.80 Å². The summed E-state index contributed by atoms with van der Waals surface area (Å²) in [4.78, 5) is 32.5. The number of halogens is 3. The molecule has 2 aliphatic heterocycles. The molecule has 1 N–H and O–H groups in total. The highest BCUT2D eigenvalue weighted by atomic mass is 32.1. The largest absolute Gasteiger partial charge is 0.492 e. The number of thiocarbonyl (C=S) groups is 1. The van der Waals surface area contributed by atoms with Crippen molar-refractivity contribution in [1.29, 1.82) is 5.26 Å². The van der Waals surface area contributed by atoms with E-state index in [2.05, 4.69) is 4.90 Å². The minimum Gasteiger partial charge on any atom is -0.492 e. The zero-order valence-corrected chi connectivity index (χ0v) is 28.2. The number of hydrogen-bond acceptors (Lipinski definition) is 8. The first-order valence-electron chi connectivity index (χ1n) is 15.3. The molecule has 0 saturated carbocycles. The predicted molar refractivity (Wildman–Crippen MR) is 174 cm³/mol. The Bertz CT molecular complexity index is 1570. The van der Waals surface area contributed by atoms with Crippen LogP contribution in [0.3, 0.4) is 0 Å². The quantitative estimate of drug-likeness (QED) is 0.371. The number of alkyl halides is 3. The number of amides is 2. The van der Waals surface area contributed by atoms with Crippen LogP contribution in [0, 0.1) is 11.3 Å². The number of aryl methyl sites for hydroxylation is 1. The Morgan fingerprint density at radius 1 is 1.13 bits per heavy atom. The van der Waals surface area contributed by atoms with Crippen LogP contribution in [-0.4, -0.2) is 88.6 Å². The lowest BCUT2D eigenvalue weighted by molar-refractivity contribution is -0.137. The van der Waals surface area contributed by atoms with Gasteiger partial charge in [0.2, 0.25) is 0 Å². The van der Waals surface area contributed by atoms with Gasteiger partial charge in [-0.05, 0) is 95.2 Å². The maximum atomic E-state index is 13.7. The number of anilines is 2. The molecule has 10 nitrogen and oxygen atoms in total. The lowest BCUT2D eigenvalue weighted by Gasteiger charge is -2.40. The van der Waals surface area contributed by atoms with Crippen molar-refractivity contribution in [2.45, 2.75) is 71.3 Å². The van der Waals surface area contributed by atoms with Crippen molar-refractivity contribution in [3.63, 3.8) is 0 Å². The summed E-state index contributed by atoms with van der Waals surface area (Å²) in [5.41, 5.74) is -2.20. The molecule has 47 heavy (non-hydrogen) atoms. The Morgan fingerprint density at radius 3 is 2.40 bits per heavy atom. The zero-order chi connectivity index (χ0) is 34.9. The molecule has 2 heterocycles. The van der Waals surface area contributed by atoms with Crippen LogP contribution in [0.25, 0.3) is 0 Å². The van der Waals surface area contributed by atoms with Crippen molar-refractivity contribution in [2.75, 3.05) is 49.2 Å². The molecule has 2 aromatic rings. The molecule has 0 aliphatic carbocycles. The number of aliphatic hydroxyl groups is 1. The standard InChI is InChI=1S/C33H40F3N5O5S/c1-7-21-16-24(10-11-27(21)45-15-14-38-12-13-39(19-25(38)20-42)30(44)46-31(2,3)4)41-29(47)40(28(43)32(41,5)6)23-9-8-22(18-37)26(17-23)33(34,35)36/h8-11,16-17,25,42H,7,12-15,19-20H2,1-6H3. The molecular weight excluding hydrogens is 635 g/mol. The Balaban J connectivity index is 1.48. The summed E-state index contributed by atoms with van der Waals surface area (Å²) in [5, 5.41) is 19.2. The Kier molecular flexibility index (Phi) is 10.4. The second-order valence-electron chi connectivity index (χ2n) is 12.9. The summed E-state index contributed by atoms with van der Waals surface area (Å²) < 4.78 is 52.7. The van der Waals surface area contributed by atoms with Gasteiger partial charge in [-0.15, -0.1) is 0 Å². The third-order valence-corrected chi connectivity index (χ3v) is 8.51. The lowest BCUT2D eigenvalue weighted by atomic mass is 10.0. The van der Waals surface area contributed by atoms with Crippen LogP contribution >= 0.6 is 12.2 Å². The summed E-state index contributed by atoms with van der Waals surface area (Å²) in [5.74, 6) is 0.112. The Hall–Kier alpha value is -3.93. The van der Waals surface area contributed by atoms with E-state index < -0.39 is 40.4 Å². The number of hydrogen-bond donors (Lipinski definition) is 1. The highest BCUT2D eigenvalue weighted by Crippen LogP contribution is 2.40. The van der Waals surface area contributed by atoms with Gasteiger partial charge in [0.05, 0.1) is 35.5 Å². The van der Waals surface area contributed by atoms with E-state index in [1.165, 1.54) is 6.07 Å². The first-order valence-corrected chi connectivity index (χ1v) is 15.7. The molecule has 2 aliphatic rings. The van der Waals surface area contributed by atoms with Crippen LogP contribution in [0.1, 0.15) is 58.2 Å². The van der Waals surface area contributed by atoms with Gasteiger partial charge in [0, 0.05) is 31.9 Å². The molecule has 0 bridgehead atoms. The third kappa shape index (κ3) is 7.63. The van der Waals surface area contributed by atoms with Crippen LogP contribution in [0.5, 0.6) is 5.75 Å². The van der Waals surface area contributed by atoms with E-state index in [0.29, 0.717) is 50.6 Å². The molecule has 254 valence electrons. The molecule has 2 fully saturated rings. The summed E-state index contributed by atoms with van der Waals surface area (Å²) in [6.45, 7) is 12.7. The fourth-order valence-corrected chi connectivity index (χ4v) is 6.23. The van der Waals surface area contributed by atoms with E-state index in [1.54, 1.807) is 62.6 Å². The van der Waals surface area contributed by atoms with Crippen LogP contribution in [0.15, 0.2) is 36.4 Å². The van der Waals surface area contributed by atoms with E-state index in [1.807, 2.05) is 13.0 Å². The van der Waals surface area contributed by atoms with Crippen molar-refractivity contribution < 1.29 is 37.3 Å². The van der Waals surface area contributed by atoms with Gasteiger partial charge in [-0.1, -0.05) is 6.92 Å². The molecule has 2 aromatic carbocycles. The van der Waals surface area contributed by atoms with Gasteiger partial charge in [-0.2, -0.15) is 18.4 Å². The molecule has 1 atom stereocenters. The number of carbonyl (C=O) groups is 2. The number of nitriles is 1. The maximum Gasteiger partial charge on any atom is 0.417 e. The third-order valence-electron chi connectivity index (χ3n) is 8.14. The number of aliphatic hydroxyl groups excluding tert-OH is 1. The SMILES string of the molecule is CCc1cc(N2C(=S)N(c3ccc(C#N)c(C(F)(F)F)c3)C(=O)C2(C)C)ccc1OCCN1CCN(C(=O)OC(C)(C)C)CC1CO. The van der Waals surface area contributed by atoms with Gasteiger partial charge in [-0.3, -0.25) is 14.6 Å². The number of benzene rings is 2. The molecule has 0 aromatic heterocycles. The van der Waals surface area contributed by atoms with E-state index >= 15 is 0 Å². The Labute approximate surface area is 278 Å². The highest BCUT2D eigenvalue weighted by molar-refractivity contribution is 7.81. The zero-order valence-electron chi connectivity index (χ0n) is 27.3. The number of carbonyl (C=O) groups excluding carboxylic acids is 2. The van der Waals surface area contributed by atoms with Crippen molar-refractivity contribution in [3.8, 4) is 11.8 Å². The van der Waals surface area contributed by atoms with Gasteiger partial charge in [-0.25, -0.2) is 4.79 Å². The van der Waals surface area contributed by atoms with Gasteiger partial charge < -0.3 is 24.4 Å². The molecule has 2 amide bonds. The number of nitrogens with zero attached hydrogens (tertiary/aromatic N) is 5. The van der Waals surface area contributed by atoms with Gasteiger partial charge in [0.1, 0.15) is 23.5 Å². The molecule has 0 radical (unpaired) electrons. The summed E-state index contributed by atoms with van der Waals surface area (Å²) in [7, 11) is 0. The fraction of sp³-hybridized carbons (Fsp3) is 0.515. The smallest absolute Gasteiger partial charge is 0.417 e. The molecule has 2 saturated heterocycles. The summed E-state index contributed by atoms with van der Waals surface area (Å²) in [6, 6.07) is 9.73. The number of piperazine rings is 1. The van der Waals surface area contributed by atoms with Crippen LogP contribution in [0.2, 0.25) is 0 Å². The van der Waals surface area contributed by atoms with Crippen molar-refractivity contribution in [3.05, 3.63) is 53.1 Å². The first-order chi connectivity index (χ1) is 21.9. The van der Waals surface area contributed by atoms with Crippen molar-refractivity contribution in [2.24, 2.45) is 0 Å². The predicted octanol–water partition coefficient (Wildman–Crippen LogP) is 5.35. The van der Waals surface area contributed by atoms with Gasteiger partial charge in [0.25, 0.3) is 5.91 Å². The number of rotatable bonds is 8. The lowest BCUT2D eigenvalue weighted by Crippen LogP contribution is -2.57. The van der Waals surface area contributed by atoms with E-state index in [9.17, 15) is 33.1 Å². The van der Waals surface area contributed by atoms with Crippen LogP contribution < -0.4 is 14.5 Å². The normalized spacial score (nSPS) is 18.8. The molecule has 1 unspecified atom stereocenters. The highest BCUT2D eigenvalue weighted by Gasteiger charge is 2.51. The first kappa shape index (κ1) is 35.9. The Morgan fingerprint density at radius 2 is 1.81 bits per heavy atom. The fourth-order valence-electron chi connectivity index (χ4n) is 5.71. The van der Waals surface area contributed by atoms with Gasteiger partial charge >= 0.3 is 12.3 Å².